The van der Waals surface area contributed by atoms with Crippen LogP contribution < -0.4 is 0 Å². The molecule has 0 aromatic carbocycles. The van der Waals surface area contributed by atoms with Crippen molar-refractivity contribution in [3.63, 3.8) is 0 Å². The second-order valence-electron chi connectivity index (χ2n) is 9.99. The molecule has 4 bridgehead atoms. The minimum atomic E-state index is -0.558. The van der Waals surface area contributed by atoms with E-state index >= 15 is 0 Å². The van der Waals surface area contributed by atoms with Crippen LogP contribution in [0.2, 0.25) is 0 Å². The van der Waals surface area contributed by atoms with Gasteiger partial charge >= 0.3 is 11.9 Å². The molecule has 0 amide bonds. The highest BCUT2D eigenvalue weighted by Crippen LogP contribution is 2.79. The number of esters is 2. The summed E-state index contributed by atoms with van der Waals surface area (Å²) in [5, 5.41) is 0. The van der Waals surface area contributed by atoms with Gasteiger partial charge in [-0.25, -0.2) is 9.59 Å². The van der Waals surface area contributed by atoms with Crippen LogP contribution in [-0.4, -0.2) is 24.1 Å². The van der Waals surface area contributed by atoms with Gasteiger partial charge in [-0.05, 0) is 68.1 Å². The highest BCUT2D eigenvalue weighted by molar-refractivity contribution is 5.83. The summed E-state index contributed by atoms with van der Waals surface area (Å²) >= 11 is 0. The molecule has 0 heterocycles. The zero-order valence-corrected chi connectivity index (χ0v) is 15.7. The molecule has 5 saturated carbocycles. The minimum absolute atomic E-state index is 0.276. The summed E-state index contributed by atoms with van der Waals surface area (Å²) in [6.07, 6.45) is 11.3. The summed E-state index contributed by atoms with van der Waals surface area (Å²) in [5.74, 6) is 2.98. The Labute approximate surface area is 155 Å². The van der Waals surface area contributed by atoms with Crippen molar-refractivity contribution in [2.24, 2.45) is 40.9 Å². The first-order valence-electron chi connectivity index (χ1n) is 10.5. The fourth-order valence-corrected chi connectivity index (χ4v) is 7.99. The number of hydrogen-bond acceptors (Lipinski definition) is 4. The summed E-state index contributed by atoms with van der Waals surface area (Å²) in [4.78, 5) is 24.0. The van der Waals surface area contributed by atoms with E-state index in [2.05, 4.69) is 13.5 Å². The second kappa shape index (κ2) is 5.59. The van der Waals surface area contributed by atoms with Crippen LogP contribution in [-0.2, 0) is 19.1 Å². The molecule has 0 aliphatic heterocycles. The Bertz CT molecular complexity index is 657. The molecule has 5 aliphatic carbocycles. The van der Waals surface area contributed by atoms with Gasteiger partial charge in [0.05, 0.1) is 0 Å². The SMILES string of the molecule is C=CC(=O)OCC(=O)OC1(C2CC3CCC2C3)C2CC(C)CC3(C2)CC31. The Balaban J connectivity index is 1.42. The molecule has 8 atom stereocenters. The number of fused-ring (bicyclic) bond motifs is 3. The van der Waals surface area contributed by atoms with E-state index in [1.54, 1.807) is 0 Å². The van der Waals surface area contributed by atoms with Gasteiger partial charge in [-0.3, -0.25) is 0 Å². The second-order valence-corrected chi connectivity index (χ2v) is 9.99. The molecular formula is C22H30O4. The molecule has 0 saturated heterocycles. The molecule has 0 radical (unpaired) electrons. The van der Waals surface area contributed by atoms with Gasteiger partial charge in [-0.15, -0.1) is 0 Å². The van der Waals surface area contributed by atoms with Crippen LogP contribution in [0.1, 0.15) is 58.3 Å². The average molecular weight is 358 g/mol. The molecule has 1 spiro atoms. The Morgan fingerprint density at radius 2 is 2.00 bits per heavy atom. The number of rotatable bonds is 5. The van der Waals surface area contributed by atoms with Crippen LogP contribution in [0, 0.1) is 40.9 Å². The Hall–Kier alpha value is -1.32. The largest absolute Gasteiger partial charge is 0.456 e. The third-order valence-electron chi connectivity index (χ3n) is 8.57. The van der Waals surface area contributed by atoms with Gasteiger partial charge in [0.15, 0.2) is 6.61 Å². The van der Waals surface area contributed by atoms with Crippen molar-refractivity contribution in [3.05, 3.63) is 12.7 Å². The first-order valence-corrected chi connectivity index (χ1v) is 10.5. The van der Waals surface area contributed by atoms with Gasteiger partial charge in [-0.2, -0.15) is 0 Å². The molecule has 142 valence electrons. The molecule has 0 aromatic heterocycles. The predicted octanol–water partition coefficient (Wildman–Crippen LogP) is 3.89. The lowest BCUT2D eigenvalue weighted by Gasteiger charge is -2.46. The van der Waals surface area contributed by atoms with Crippen molar-refractivity contribution in [2.75, 3.05) is 6.61 Å². The molecule has 0 aromatic rings. The summed E-state index contributed by atoms with van der Waals surface area (Å²) in [7, 11) is 0. The number of carbonyl (C=O) groups is 2. The van der Waals surface area contributed by atoms with Crippen LogP contribution in [0.4, 0.5) is 0 Å². The van der Waals surface area contributed by atoms with Gasteiger partial charge in [0, 0.05) is 23.8 Å². The third kappa shape index (κ3) is 2.26. The number of carbonyl (C=O) groups excluding carboxylic acids is 2. The highest BCUT2D eigenvalue weighted by Gasteiger charge is 2.78. The van der Waals surface area contributed by atoms with Crippen LogP contribution in [0.25, 0.3) is 0 Å². The zero-order chi connectivity index (χ0) is 18.1. The van der Waals surface area contributed by atoms with E-state index in [9.17, 15) is 9.59 Å². The number of hydrogen-bond donors (Lipinski definition) is 0. The smallest absolute Gasteiger partial charge is 0.344 e. The first-order chi connectivity index (χ1) is 12.5. The van der Waals surface area contributed by atoms with Crippen LogP contribution in [0.3, 0.4) is 0 Å². The van der Waals surface area contributed by atoms with Crippen molar-refractivity contribution in [1.82, 2.24) is 0 Å². The fourth-order valence-electron chi connectivity index (χ4n) is 7.99. The predicted molar refractivity (Wildman–Crippen MR) is 96.0 cm³/mol. The lowest BCUT2D eigenvalue weighted by atomic mass is 9.66. The van der Waals surface area contributed by atoms with Crippen LogP contribution in [0.15, 0.2) is 12.7 Å². The van der Waals surface area contributed by atoms with Crippen molar-refractivity contribution >= 4 is 11.9 Å². The van der Waals surface area contributed by atoms with Crippen LogP contribution in [0.5, 0.6) is 0 Å². The maximum absolute atomic E-state index is 12.7. The van der Waals surface area contributed by atoms with Crippen molar-refractivity contribution in [3.8, 4) is 0 Å². The number of ether oxygens (including phenoxy) is 2. The van der Waals surface area contributed by atoms with Crippen molar-refractivity contribution in [1.29, 1.82) is 0 Å². The van der Waals surface area contributed by atoms with Gasteiger partial charge < -0.3 is 9.47 Å². The lowest BCUT2D eigenvalue weighted by molar-refractivity contribution is -0.188. The molecule has 8 unspecified atom stereocenters. The van der Waals surface area contributed by atoms with Gasteiger partial charge in [0.1, 0.15) is 5.60 Å². The fraction of sp³-hybridized carbons (Fsp3) is 0.818. The maximum Gasteiger partial charge on any atom is 0.344 e. The van der Waals surface area contributed by atoms with Gasteiger partial charge in [0.25, 0.3) is 0 Å². The Morgan fingerprint density at radius 1 is 1.15 bits per heavy atom. The monoisotopic (exact) mass is 358 g/mol. The first kappa shape index (κ1) is 16.8. The normalized spacial score (nSPS) is 50.2. The third-order valence-corrected chi connectivity index (χ3v) is 8.57. The zero-order valence-electron chi connectivity index (χ0n) is 15.7. The van der Waals surface area contributed by atoms with Crippen molar-refractivity contribution < 1.29 is 19.1 Å². The molecule has 0 N–H and O–H groups in total. The Morgan fingerprint density at radius 3 is 2.69 bits per heavy atom. The Kier molecular flexibility index (Phi) is 3.62. The minimum Gasteiger partial charge on any atom is -0.456 e. The van der Waals surface area contributed by atoms with E-state index in [0.29, 0.717) is 23.2 Å². The molecule has 5 aliphatic rings. The van der Waals surface area contributed by atoms with Gasteiger partial charge in [0.2, 0.25) is 0 Å². The topological polar surface area (TPSA) is 52.6 Å². The lowest BCUT2D eigenvalue weighted by Crippen LogP contribution is -2.51. The van der Waals surface area contributed by atoms with E-state index < -0.39 is 5.97 Å². The standard InChI is InChI=1S/C22H30O4/c1-3-19(23)25-12-20(24)26-22(17-8-14-4-5-15(17)7-14)16-6-13(2)9-21(10-16)11-18(21)22/h3,13-18H,1,4-12H2,2H3. The van der Waals surface area contributed by atoms with E-state index in [1.807, 2.05) is 0 Å². The van der Waals surface area contributed by atoms with Crippen LogP contribution >= 0.6 is 0 Å². The van der Waals surface area contributed by atoms with E-state index in [0.717, 1.165) is 23.8 Å². The molecule has 4 heteroatoms. The average Bonchev–Trinajstić information content (AvgIpc) is 2.96. The highest BCUT2D eigenvalue weighted by atomic mass is 16.6. The molecular weight excluding hydrogens is 328 g/mol. The maximum atomic E-state index is 12.7. The summed E-state index contributed by atoms with van der Waals surface area (Å²) in [6.45, 7) is 5.47. The van der Waals surface area contributed by atoms with E-state index in [4.69, 9.17) is 9.47 Å². The summed E-state index contributed by atoms with van der Waals surface area (Å²) in [5.41, 5.74) is 0.171. The molecule has 4 nitrogen and oxygen atoms in total. The quantitative estimate of drug-likeness (QED) is 0.553. The summed E-state index contributed by atoms with van der Waals surface area (Å²) < 4.78 is 11.4. The summed E-state index contributed by atoms with van der Waals surface area (Å²) in [6, 6.07) is 0. The van der Waals surface area contributed by atoms with E-state index in [1.165, 1.54) is 51.4 Å². The molecule has 26 heavy (non-hydrogen) atoms. The molecule has 5 rings (SSSR count). The molecule has 5 fully saturated rings. The van der Waals surface area contributed by atoms with Gasteiger partial charge in [-0.1, -0.05) is 19.9 Å². The van der Waals surface area contributed by atoms with E-state index in [-0.39, 0.29) is 18.2 Å². The van der Waals surface area contributed by atoms with Crippen molar-refractivity contribution in [2.45, 2.75) is 63.9 Å².